The third kappa shape index (κ3) is 3.04. The van der Waals surface area contributed by atoms with Crippen LogP contribution < -0.4 is 14.8 Å². The molecule has 0 radical (unpaired) electrons. The van der Waals surface area contributed by atoms with Crippen LogP contribution in [0.25, 0.3) is 0 Å². The van der Waals surface area contributed by atoms with Crippen molar-refractivity contribution in [3.8, 4) is 11.5 Å². The second-order valence-electron chi connectivity index (χ2n) is 3.89. The van der Waals surface area contributed by atoms with Crippen molar-refractivity contribution in [2.24, 2.45) is 0 Å². The van der Waals surface area contributed by atoms with Crippen LogP contribution in [0, 0.1) is 6.92 Å². The molecule has 6 nitrogen and oxygen atoms in total. The van der Waals surface area contributed by atoms with Gasteiger partial charge in [0.25, 0.3) is 5.91 Å². The number of carbonyl (C=O) groups is 1. The van der Waals surface area contributed by atoms with Crippen LogP contribution in [0.3, 0.4) is 0 Å². The van der Waals surface area contributed by atoms with E-state index < -0.39 is 0 Å². The average Bonchev–Trinajstić information content (AvgIpc) is 2.83. The zero-order valence-corrected chi connectivity index (χ0v) is 10.9. The van der Waals surface area contributed by atoms with Crippen LogP contribution in [0.15, 0.2) is 28.8 Å². The molecule has 0 saturated heterocycles. The number of anilines is 1. The largest absolute Gasteiger partial charge is 0.497 e. The number of nitrogens with zero attached hydrogens (tertiary/aromatic N) is 1. The number of rotatable bonds is 4. The Morgan fingerprint density at radius 3 is 2.26 bits per heavy atom. The molecule has 0 saturated carbocycles. The van der Waals surface area contributed by atoms with E-state index in [-0.39, 0.29) is 5.91 Å². The quantitative estimate of drug-likeness (QED) is 0.914. The molecule has 0 aliphatic carbocycles. The van der Waals surface area contributed by atoms with Crippen LogP contribution in [-0.2, 0) is 0 Å². The van der Waals surface area contributed by atoms with Crippen LogP contribution in [0.5, 0.6) is 11.5 Å². The number of hydrogen-bond acceptors (Lipinski definition) is 5. The van der Waals surface area contributed by atoms with Gasteiger partial charge in [-0.1, -0.05) is 5.16 Å². The van der Waals surface area contributed by atoms with Crippen LogP contribution in [0.4, 0.5) is 5.88 Å². The number of aryl methyl sites for hydroxylation is 1. The Bertz CT molecular complexity index is 570. The van der Waals surface area contributed by atoms with Gasteiger partial charge in [-0.2, -0.15) is 0 Å². The summed E-state index contributed by atoms with van der Waals surface area (Å²) in [6, 6.07) is 6.55. The molecule has 1 aromatic carbocycles. The summed E-state index contributed by atoms with van der Waals surface area (Å²) in [6.07, 6.45) is 0. The minimum Gasteiger partial charge on any atom is -0.497 e. The van der Waals surface area contributed by atoms with Gasteiger partial charge in [-0.3, -0.25) is 10.1 Å². The molecule has 1 N–H and O–H groups in total. The Morgan fingerprint density at radius 2 is 1.79 bits per heavy atom. The van der Waals surface area contributed by atoms with Crippen molar-refractivity contribution in [3.63, 3.8) is 0 Å². The summed E-state index contributed by atoms with van der Waals surface area (Å²) in [5, 5.41) is 6.29. The molecule has 1 amide bonds. The van der Waals surface area contributed by atoms with E-state index >= 15 is 0 Å². The monoisotopic (exact) mass is 262 g/mol. The Balaban J connectivity index is 2.22. The van der Waals surface area contributed by atoms with Gasteiger partial charge in [0.05, 0.1) is 19.9 Å². The Kier molecular flexibility index (Phi) is 3.70. The van der Waals surface area contributed by atoms with Gasteiger partial charge in [0.15, 0.2) is 0 Å². The molecule has 1 aromatic heterocycles. The number of carbonyl (C=O) groups excluding carboxylic acids is 1. The first-order valence-corrected chi connectivity index (χ1v) is 5.60. The third-order valence-corrected chi connectivity index (χ3v) is 2.48. The van der Waals surface area contributed by atoms with Crippen molar-refractivity contribution in [2.75, 3.05) is 19.5 Å². The Hall–Kier alpha value is -2.50. The van der Waals surface area contributed by atoms with Gasteiger partial charge in [0, 0.05) is 17.7 Å². The number of methoxy groups -OCH3 is 2. The van der Waals surface area contributed by atoms with E-state index in [9.17, 15) is 4.79 Å². The van der Waals surface area contributed by atoms with Crippen molar-refractivity contribution in [1.82, 2.24) is 5.16 Å². The number of ether oxygens (including phenoxy) is 2. The maximum Gasteiger partial charge on any atom is 0.258 e. The second-order valence-corrected chi connectivity index (χ2v) is 3.89. The molecular formula is C13H14N2O4. The maximum absolute atomic E-state index is 12.0. The summed E-state index contributed by atoms with van der Waals surface area (Å²) >= 11 is 0. The van der Waals surface area contributed by atoms with Gasteiger partial charge in [0.2, 0.25) is 5.88 Å². The van der Waals surface area contributed by atoms with Crippen molar-refractivity contribution < 1.29 is 18.8 Å². The summed E-state index contributed by atoms with van der Waals surface area (Å²) in [4.78, 5) is 12.0. The van der Waals surface area contributed by atoms with E-state index in [1.807, 2.05) is 0 Å². The molecular weight excluding hydrogens is 248 g/mol. The van der Waals surface area contributed by atoms with Crippen molar-refractivity contribution in [1.29, 1.82) is 0 Å². The molecule has 0 bridgehead atoms. The van der Waals surface area contributed by atoms with E-state index in [1.54, 1.807) is 31.2 Å². The molecule has 6 heteroatoms. The summed E-state index contributed by atoms with van der Waals surface area (Å²) in [5.41, 5.74) is 1.10. The van der Waals surface area contributed by atoms with Crippen LogP contribution >= 0.6 is 0 Å². The van der Waals surface area contributed by atoms with E-state index in [0.717, 1.165) is 0 Å². The third-order valence-electron chi connectivity index (χ3n) is 2.48. The molecule has 0 spiro atoms. The highest BCUT2D eigenvalue weighted by Crippen LogP contribution is 2.23. The number of hydrogen-bond donors (Lipinski definition) is 1. The number of benzene rings is 1. The first kappa shape index (κ1) is 12.9. The van der Waals surface area contributed by atoms with E-state index in [4.69, 9.17) is 14.0 Å². The minimum atomic E-state index is -0.326. The van der Waals surface area contributed by atoms with E-state index in [1.165, 1.54) is 14.2 Å². The SMILES string of the molecule is COc1cc(OC)cc(C(=O)Nc2cc(C)no2)c1. The van der Waals surface area contributed by atoms with Gasteiger partial charge in [0.1, 0.15) is 11.5 Å². The van der Waals surface area contributed by atoms with Gasteiger partial charge >= 0.3 is 0 Å². The highest BCUT2D eigenvalue weighted by molar-refractivity contribution is 6.04. The van der Waals surface area contributed by atoms with Crippen molar-refractivity contribution in [3.05, 3.63) is 35.5 Å². The maximum atomic E-state index is 12.0. The molecule has 1 heterocycles. The van der Waals surface area contributed by atoms with Gasteiger partial charge in [-0.15, -0.1) is 0 Å². The zero-order chi connectivity index (χ0) is 13.8. The lowest BCUT2D eigenvalue weighted by Crippen LogP contribution is -2.11. The topological polar surface area (TPSA) is 73.6 Å². The van der Waals surface area contributed by atoms with Crippen LogP contribution in [-0.4, -0.2) is 25.3 Å². The Labute approximate surface area is 110 Å². The van der Waals surface area contributed by atoms with E-state index in [2.05, 4.69) is 10.5 Å². The predicted octanol–water partition coefficient (Wildman–Crippen LogP) is 2.25. The highest BCUT2D eigenvalue weighted by atomic mass is 16.5. The minimum absolute atomic E-state index is 0.296. The standard InChI is InChI=1S/C13H14N2O4/c1-8-4-12(19-15-8)14-13(16)9-5-10(17-2)7-11(6-9)18-3/h4-7H,1-3H3,(H,14,16). The Morgan fingerprint density at radius 1 is 1.16 bits per heavy atom. The first-order valence-electron chi connectivity index (χ1n) is 5.60. The fourth-order valence-electron chi connectivity index (χ4n) is 1.55. The smallest absolute Gasteiger partial charge is 0.258 e. The number of amides is 1. The summed E-state index contributed by atoms with van der Waals surface area (Å²) in [7, 11) is 3.05. The lowest BCUT2D eigenvalue weighted by atomic mass is 10.2. The summed E-state index contributed by atoms with van der Waals surface area (Å²) in [6.45, 7) is 1.77. The zero-order valence-electron chi connectivity index (χ0n) is 10.9. The van der Waals surface area contributed by atoms with Crippen molar-refractivity contribution in [2.45, 2.75) is 6.92 Å². The number of nitrogens with one attached hydrogen (secondary N) is 1. The average molecular weight is 262 g/mol. The number of aromatic nitrogens is 1. The molecule has 19 heavy (non-hydrogen) atoms. The fraction of sp³-hybridized carbons (Fsp3) is 0.231. The summed E-state index contributed by atoms with van der Waals surface area (Å²) in [5.74, 6) is 1.05. The highest BCUT2D eigenvalue weighted by Gasteiger charge is 2.12. The van der Waals surface area contributed by atoms with Crippen LogP contribution in [0.2, 0.25) is 0 Å². The van der Waals surface area contributed by atoms with Gasteiger partial charge in [-0.05, 0) is 19.1 Å². The fourth-order valence-corrected chi connectivity index (χ4v) is 1.55. The van der Waals surface area contributed by atoms with Crippen LogP contribution in [0.1, 0.15) is 16.1 Å². The predicted molar refractivity (Wildman–Crippen MR) is 68.7 cm³/mol. The van der Waals surface area contributed by atoms with Gasteiger partial charge < -0.3 is 14.0 Å². The lowest BCUT2D eigenvalue weighted by Gasteiger charge is -2.07. The molecule has 0 unspecified atom stereocenters. The molecule has 0 aliphatic heterocycles. The van der Waals surface area contributed by atoms with Gasteiger partial charge in [-0.25, -0.2) is 0 Å². The molecule has 100 valence electrons. The molecule has 0 atom stereocenters. The second kappa shape index (κ2) is 5.43. The van der Waals surface area contributed by atoms with E-state index in [0.29, 0.717) is 28.6 Å². The molecule has 0 fully saturated rings. The first-order chi connectivity index (χ1) is 9.12. The molecule has 2 rings (SSSR count). The molecule has 0 aliphatic rings. The normalized spacial score (nSPS) is 10.1. The molecule has 2 aromatic rings. The lowest BCUT2D eigenvalue weighted by molar-refractivity contribution is 0.102. The summed E-state index contributed by atoms with van der Waals surface area (Å²) < 4.78 is 15.1. The van der Waals surface area contributed by atoms with Crippen molar-refractivity contribution >= 4 is 11.8 Å².